The SMILES string of the molecule is NC(=O)c1cccc([N+](=O)[O-])c1-c1c(Br)cc(SC(F)(F)C(F)(F)C(F)(F)F)cc1Br. The predicted molar refractivity (Wildman–Crippen MR) is 104 cm³/mol. The maximum atomic E-state index is 13.7. The van der Waals surface area contributed by atoms with E-state index in [2.05, 4.69) is 31.9 Å². The Morgan fingerprint density at radius 2 is 1.52 bits per heavy atom. The molecule has 15 heteroatoms. The second kappa shape index (κ2) is 8.58. The molecule has 2 aromatic carbocycles. The Morgan fingerprint density at radius 3 is 1.94 bits per heavy atom. The molecule has 0 saturated carbocycles. The van der Waals surface area contributed by atoms with Crippen molar-refractivity contribution < 1.29 is 40.5 Å². The summed E-state index contributed by atoms with van der Waals surface area (Å²) in [6.45, 7) is 0. The summed E-state index contributed by atoms with van der Waals surface area (Å²) < 4.78 is 90.4. The van der Waals surface area contributed by atoms with E-state index in [4.69, 9.17) is 5.73 Å². The smallest absolute Gasteiger partial charge is 0.366 e. The summed E-state index contributed by atoms with van der Waals surface area (Å²) in [5.41, 5.74) is 3.89. The number of hydrogen-bond acceptors (Lipinski definition) is 4. The number of rotatable bonds is 6. The zero-order chi connectivity index (χ0) is 23.9. The van der Waals surface area contributed by atoms with Crippen molar-refractivity contribution in [1.29, 1.82) is 0 Å². The number of halogens is 9. The highest BCUT2D eigenvalue weighted by molar-refractivity contribution is 9.11. The quantitative estimate of drug-likeness (QED) is 0.172. The molecule has 2 N–H and O–H groups in total. The average Bonchev–Trinajstić information content (AvgIpc) is 2.59. The molecule has 0 aliphatic carbocycles. The van der Waals surface area contributed by atoms with Gasteiger partial charge in [0.05, 0.1) is 16.1 Å². The third-order valence-electron chi connectivity index (χ3n) is 3.74. The van der Waals surface area contributed by atoms with Crippen molar-refractivity contribution in [2.45, 2.75) is 22.2 Å². The number of carbonyl (C=O) groups excluding carboxylic acids is 1. The van der Waals surface area contributed by atoms with E-state index in [-0.39, 0.29) is 25.6 Å². The van der Waals surface area contributed by atoms with Crippen LogP contribution in [0.3, 0.4) is 0 Å². The molecule has 31 heavy (non-hydrogen) atoms. The van der Waals surface area contributed by atoms with E-state index in [1.807, 2.05) is 0 Å². The number of nitrogens with two attached hydrogens (primary N) is 1. The van der Waals surface area contributed by atoms with Crippen LogP contribution in [0.5, 0.6) is 0 Å². The Balaban J connectivity index is 2.65. The Morgan fingerprint density at radius 1 is 1.00 bits per heavy atom. The molecule has 0 bridgehead atoms. The molecule has 1 amide bonds. The first-order valence-corrected chi connectivity index (χ1v) is 9.99. The summed E-state index contributed by atoms with van der Waals surface area (Å²) in [7, 11) is 0. The molecule has 0 atom stereocenters. The lowest BCUT2D eigenvalue weighted by atomic mass is 9.97. The fraction of sp³-hybridized carbons (Fsp3) is 0.188. The summed E-state index contributed by atoms with van der Waals surface area (Å²) in [5, 5.41) is 5.81. The number of carbonyl (C=O) groups is 1. The zero-order valence-corrected chi connectivity index (χ0v) is 18.4. The number of primary amides is 1. The van der Waals surface area contributed by atoms with Crippen LogP contribution in [-0.4, -0.2) is 28.2 Å². The number of alkyl halides is 7. The summed E-state index contributed by atoms with van der Waals surface area (Å²) in [6.07, 6.45) is -6.50. The van der Waals surface area contributed by atoms with Gasteiger partial charge in [-0.05, 0) is 30.0 Å². The lowest BCUT2D eigenvalue weighted by Gasteiger charge is -2.27. The molecule has 0 saturated heterocycles. The molecular formula is C16H7Br2F7N2O3S. The highest BCUT2D eigenvalue weighted by Crippen LogP contribution is 2.55. The van der Waals surface area contributed by atoms with Crippen LogP contribution in [-0.2, 0) is 0 Å². The minimum Gasteiger partial charge on any atom is -0.366 e. The number of thioether (sulfide) groups is 1. The molecule has 0 fully saturated rings. The molecule has 0 aliphatic heterocycles. The van der Waals surface area contributed by atoms with Gasteiger partial charge < -0.3 is 5.73 Å². The Bertz CT molecular complexity index is 1010. The van der Waals surface area contributed by atoms with Gasteiger partial charge in [0.2, 0.25) is 5.91 Å². The third kappa shape index (κ3) is 4.82. The molecule has 2 aromatic rings. The molecular weight excluding hydrogens is 593 g/mol. The number of benzene rings is 2. The van der Waals surface area contributed by atoms with Crippen LogP contribution in [0.25, 0.3) is 11.1 Å². The Labute approximate surface area is 189 Å². The number of hydrogen-bond donors (Lipinski definition) is 1. The van der Waals surface area contributed by atoms with Gasteiger partial charge in [0.25, 0.3) is 5.69 Å². The summed E-state index contributed by atoms with van der Waals surface area (Å²) >= 11 is 4.80. The van der Waals surface area contributed by atoms with Crippen LogP contribution in [0.4, 0.5) is 36.4 Å². The van der Waals surface area contributed by atoms with Gasteiger partial charge in [-0.15, -0.1) is 0 Å². The van der Waals surface area contributed by atoms with Crippen LogP contribution < -0.4 is 5.73 Å². The average molecular weight is 600 g/mol. The fourth-order valence-corrected chi connectivity index (χ4v) is 5.16. The van der Waals surface area contributed by atoms with Gasteiger partial charge in [-0.1, -0.05) is 37.9 Å². The van der Waals surface area contributed by atoms with E-state index in [0.29, 0.717) is 0 Å². The molecule has 0 heterocycles. The minimum atomic E-state index is -6.50. The number of nitrogens with zero attached hydrogens (tertiary/aromatic N) is 1. The molecule has 0 spiro atoms. The van der Waals surface area contributed by atoms with Crippen LogP contribution in [0, 0.1) is 10.1 Å². The van der Waals surface area contributed by atoms with Gasteiger partial charge >= 0.3 is 17.4 Å². The minimum absolute atomic E-state index is 0.128. The van der Waals surface area contributed by atoms with Gasteiger partial charge in [-0.3, -0.25) is 14.9 Å². The van der Waals surface area contributed by atoms with Crippen molar-refractivity contribution in [1.82, 2.24) is 0 Å². The largest absolute Gasteiger partial charge is 0.460 e. The maximum Gasteiger partial charge on any atom is 0.460 e. The first-order chi connectivity index (χ1) is 14.0. The van der Waals surface area contributed by atoms with Crippen LogP contribution >= 0.6 is 43.6 Å². The van der Waals surface area contributed by atoms with Gasteiger partial charge in [0.15, 0.2) is 0 Å². The maximum absolute atomic E-state index is 13.7. The highest BCUT2D eigenvalue weighted by atomic mass is 79.9. The van der Waals surface area contributed by atoms with Crippen molar-refractivity contribution in [3.63, 3.8) is 0 Å². The van der Waals surface area contributed by atoms with E-state index in [0.717, 1.165) is 24.3 Å². The predicted octanol–water partition coefficient (Wildman–Crippen LogP) is 6.77. The number of nitro groups is 1. The first kappa shape index (κ1) is 25.4. The number of amides is 1. The van der Waals surface area contributed by atoms with Crippen LogP contribution in [0.15, 0.2) is 44.2 Å². The molecule has 168 valence electrons. The second-order valence-corrected chi connectivity index (χ2v) is 8.67. The summed E-state index contributed by atoms with van der Waals surface area (Å²) in [5.74, 6) is -7.40. The van der Waals surface area contributed by atoms with E-state index >= 15 is 0 Å². The van der Waals surface area contributed by atoms with E-state index < -0.39 is 50.5 Å². The molecule has 0 aromatic heterocycles. The highest BCUT2D eigenvalue weighted by Gasteiger charge is 2.73. The van der Waals surface area contributed by atoms with Crippen molar-refractivity contribution in [3.05, 3.63) is 55.0 Å². The molecule has 5 nitrogen and oxygen atoms in total. The van der Waals surface area contributed by atoms with Crippen molar-refractivity contribution in [2.75, 3.05) is 0 Å². The molecule has 0 aliphatic rings. The molecule has 2 rings (SSSR count). The van der Waals surface area contributed by atoms with Gasteiger partial charge in [-0.2, -0.15) is 30.7 Å². The zero-order valence-electron chi connectivity index (χ0n) is 14.4. The van der Waals surface area contributed by atoms with Gasteiger partial charge in [0.1, 0.15) is 0 Å². The fourth-order valence-electron chi connectivity index (χ4n) is 2.39. The van der Waals surface area contributed by atoms with E-state index in [1.165, 1.54) is 6.07 Å². The van der Waals surface area contributed by atoms with Gasteiger partial charge in [0, 0.05) is 25.5 Å². The molecule has 0 radical (unpaired) electrons. The van der Waals surface area contributed by atoms with Crippen LogP contribution in [0.2, 0.25) is 0 Å². The van der Waals surface area contributed by atoms with Crippen molar-refractivity contribution in [3.8, 4) is 11.1 Å². The lowest BCUT2D eigenvalue weighted by Crippen LogP contribution is -2.49. The summed E-state index contributed by atoms with van der Waals surface area (Å²) in [4.78, 5) is 21.5. The second-order valence-electron chi connectivity index (χ2n) is 5.77. The van der Waals surface area contributed by atoms with Crippen LogP contribution in [0.1, 0.15) is 10.4 Å². The molecule has 0 unspecified atom stereocenters. The van der Waals surface area contributed by atoms with Crippen molar-refractivity contribution in [2.24, 2.45) is 5.73 Å². The first-order valence-electron chi connectivity index (χ1n) is 7.59. The monoisotopic (exact) mass is 598 g/mol. The van der Waals surface area contributed by atoms with E-state index in [9.17, 15) is 45.6 Å². The van der Waals surface area contributed by atoms with E-state index in [1.54, 1.807) is 0 Å². The van der Waals surface area contributed by atoms with Gasteiger partial charge in [-0.25, -0.2) is 0 Å². The Hall–Kier alpha value is -1.87. The topological polar surface area (TPSA) is 86.2 Å². The normalized spacial score (nSPS) is 12.7. The third-order valence-corrected chi connectivity index (χ3v) is 5.97. The summed E-state index contributed by atoms with van der Waals surface area (Å²) in [6, 6.07) is 4.87. The number of nitro benzene ring substituents is 1. The standard InChI is InChI=1S/C16H7Br2F7N2O3S/c17-8-4-6(31-16(24,25)14(19,20)15(21,22)23)5-9(18)12(8)11-7(13(26)28)2-1-3-10(11)27(29)30/h1-5H,(H2,26,28). The Kier molecular flexibility index (Phi) is 7.03. The van der Waals surface area contributed by atoms with Crippen molar-refractivity contribution >= 4 is 55.2 Å². The lowest BCUT2D eigenvalue weighted by molar-refractivity contribution is -0.384.